The zero-order chi connectivity index (χ0) is 18.1. The number of nitrogens with two attached hydrogens (primary N) is 1. The summed E-state index contributed by atoms with van der Waals surface area (Å²) in [5, 5.41) is 15.1. The van der Waals surface area contributed by atoms with E-state index in [0.717, 1.165) is 39.3 Å². The van der Waals surface area contributed by atoms with E-state index in [-0.39, 0.29) is 5.57 Å². The molecule has 0 aliphatic carbocycles. The number of carbonyl (C=O) groups is 1. The Bertz CT molecular complexity index is 665. The molecule has 2 rings (SSSR count). The van der Waals surface area contributed by atoms with Gasteiger partial charge in [0.1, 0.15) is 11.6 Å². The fourth-order valence-electron chi connectivity index (χ4n) is 2.37. The first kappa shape index (κ1) is 19.1. The number of nitrogen functional groups attached to an aromatic ring is 1. The molecule has 0 atom stereocenters. The van der Waals surface area contributed by atoms with Crippen LogP contribution in [-0.4, -0.2) is 50.2 Å². The Balaban J connectivity index is 1.78. The summed E-state index contributed by atoms with van der Waals surface area (Å²) in [7, 11) is 0. The van der Waals surface area contributed by atoms with Crippen LogP contribution in [0, 0.1) is 11.3 Å². The maximum atomic E-state index is 12.1. The van der Waals surface area contributed by atoms with Crippen LogP contribution in [0.15, 0.2) is 30.0 Å². The SMILES string of the molecule is N#C/C(=C/NCCCN1CCOCC1)C(=O)Nc1ccc(N)cc1Cl. The number of anilines is 2. The van der Waals surface area contributed by atoms with Crippen LogP contribution in [0.3, 0.4) is 0 Å². The average Bonchev–Trinajstić information content (AvgIpc) is 2.61. The van der Waals surface area contributed by atoms with Crippen molar-refractivity contribution in [3.63, 3.8) is 0 Å². The normalized spacial score (nSPS) is 15.4. The number of morpholine rings is 1. The van der Waals surface area contributed by atoms with Gasteiger partial charge in [-0.1, -0.05) is 11.6 Å². The fraction of sp³-hybridized carbons (Fsp3) is 0.412. The molecule has 25 heavy (non-hydrogen) atoms. The number of rotatable bonds is 7. The van der Waals surface area contributed by atoms with Crippen molar-refractivity contribution in [1.29, 1.82) is 5.26 Å². The molecule has 1 fully saturated rings. The van der Waals surface area contributed by atoms with E-state index in [4.69, 9.17) is 27.3 Å². The molecule has 1 heterocycles. The maximum Gasteiger partial charge on any atom is 0.267 e. The van der Waals surface area contributed by atoms with Crippen molar-refractivity contribution >= 4 is 28.9 Å². The van der Waals surface area contributed by atoms with E-state index < -0.39 is 5.91 Å². The smallest absolute Gasteiger partial charge is 0.267 e. The molecule has 1 aliphatic heterocycles. The van der Waals surface area contributed by atoms with Crippen molar-refractivity contribution in [2.45, 2.75) is 6.42 Å². The Morgan fingerprint density at radius 2 is 2.20 bits per heavy atom. The highest BCUT2D eigenvalue weighted by Crippen LogP contribution is 2.24. The van der Waals surface area contributed by atoms with Gasteiger partial charge in [0.2, 0.25) is 0 Å². The maximum absolute atomic E-state index is 12.1. The molecule has 4 N–H and O–H groups in total. The van der Waals surface area contributed by atoms with Gasteiger partial charge in [0, 0.05) is 31.5 Å². The van der Waals surface area contributed by atoms with Crippen molar-refractivity contribution in [3.8, 4) is 6.07 Å². The van der Waals surface area contributed by atoms with Crippen LogP contribution in [0.5, 0.6) is 0 Å². The van der Waals surface area contributed by atoms with Gasteiger partial charge >= 0.3 is 0 Å². The number of nitrogens with one attached hydrogen (secondary N) is 2. The van der Waals surface area contributed by atoms with Gasteiger partial charge in [0.05, 0.1) is 23.9 Å². The molecule has 1 aromatic rings. The highest BCUT2D eigenvalue weighted by molar-refractivity contribution is 6.34. The summed E-state index contributed by atoms with van der Waals surface area (Å²) in [5.74, 6) is -0.519. The van der Waals surface area contributed by atoms with Crippen molar-refractivity contribution in [2.75, 3.05) is 50.4 Å². The summed E-state index contributed by atoms with van der Waals surface area (Å²) in [6, 6.07) is 6.65. The second kappa shape index (κ2) is 9.89. The number of carbonyl (C=O) groups excluding carboxylic acids is 1. The molecular formula is C17H22ClN5O2. The van der Waals surface area contributed by atoms with Crippen molar-refractivity contribution < 1.29 is 9.53 Å². The molecule has 134 valence electrons. The van der Waals surface area contributed by atoms with Crippen LogP contribution in [0.2, 0.25) is 5.02 Å². The number of nitriles is 1. The van der Waals surface area contributed by atoms with E-state index >= 15 is 0 Å². The predicted octanol–water partition coefficient (Wildman–Crippen LogP) is 1.58. The molecule has 0 aromatic heterocycles. The average molecular weight is 364 g/mol. The van der Waals surface area contributed by atoms with Gasteiger partial charge in [-0.2, -0.15) is 5.26 Å². The number of hydrogen-bond donors (Lipinski definition) is 3. The van der Waals surface area contributed by atoms with E-state index in [1.54, 1.807) is 12.1 Å². The molecule has 1 saturated heterocycles. The number of nitrogens with zero attached hydrogens (tertiary/aromatic N) is 2. The van der Waals surface area contributed by atoms with Crippen LogP contribution in [0.1, 0.15) is 6.42 Å². The zero-order valence-electron chi connectivity index (χ0n) is 13.9. The standard InChI is InChI=1S/C17H22ClN5O2/c18-15-10-14(20)2-3-16(15)22-17(24)13(11-19)12-21-4-1-5-23-6-8-25-9-7-23/h2-3,10,12,21H,1,4-9,20H2,(H,22,24)/b13-12-. The van der Waals surface area contributed by atoms with Crippen LogP contribution >= 0.6 is 11.6 Å². The third kappa shape index (κ3) is 6.27. The van der Waals surface area contributed by atoms with Crippen molar-refractivity contribution in [3.05, 3.63) is 35.0 Å². The van der Waals surface area contributed by atoms with Gasteiger partial charge in [-0.15, -0.1) is 0 Å². The van der Waals surface area contributed by atoms with Crippen LogP contribution < -0.4 is 16.4 Å². The zero-order valence-corrected chi connectivity index (χ0v) is 14.7. The Morgan fingerprint density at radius 3 is 2.88 bits per heavy atom. The molecule has 7 nitrogen and oxygen atoms in total. The Labute approximate surface area is 152 Å². The first-order valence-corrected chi connectivity index (χ1v) is 8.48. The summed E-state index contributed by atoms with van der Waals surface area (Å²) < 4.78 is 5.30. The summed E-state index contributed by atoms with van der Waals surface area (Å²) >= 11 is 6.01. The van der Waals surface area contributed by atoms with E-state index in [0.29, 0.717) is 22.9 Å². The molecular weight excluding hydrogens is 342 g/mol. The lowest BCUT2D eigenvalue weighted by atomic mass is 10.2. The van der Waals surface area contributed by atoms with E-state index in [9.17, 15) is 4.79 Å². The number of ether oxygens (including phenoxy) is 1. The largest absolute Gasteiger partial charge is 0.399 e. The molecule has 0 bridgehead atoms. The highest BCUT2D eigenvalue weighted by atomic mass is 35.5. The third-order valence-corrected chi connectivity index (χ3v) is 4.06. The minimum Gasteiger partial charge on any atom is -0.399 e. The molecule has 1 aromatic carbocycles. The van der Waals surface area contributed by atoms with E-state index in [1.165, 1.54) is 12.3 Å². The Kier molecular flexibility index (Phi) is 7.54. The molecule has 0 unspecified atom stereocenters. The lowest BCUT2D eigenvalue weighted by Gasteiger charge is -2.26. The van der Waals surface area contributed by atoms with Gasteiger partial charge < -0.3 is 21.1 Å². The van der Waals surface area contributed by atoms with Crippen molar-refractivity contribution in [1.82, 2.24) is 10.2 Å². The summed E-state index contributed by atoms with van der Waals surface area (Å²) in [6.45, 7) is 5.09. The van der Waals surface area contributed by atoms with Gasteiger partial charge in [-0.3, -0.25) is 9.69 Å². The quantitative estimate of drug-likeness (QED) is 0.294. The first-order valence-electron chi connectivity index (χ1n) is 8.10. The van der Waals surface area contributed by atoms with Crippen molar-refractivity contribution in [2.24, 2.45) is 0 Å². The lowest BCUT2D eigenvalue weighted by molar-refractivity contribution is -0.112. The van der Waals surface area contributed by atoms with Gasteiger partial charge in [0.25, 0.3) is 5.91 Å². The van der Waals surface area contributed by atoms with E-state index in [2.05, 4.69) is 15.5 Å². The van der Waals surface area contributed by atoms with Gasteiger partial charge in [-0.05, 0) is 31.2 Å². The molecule has 0 spiro atoms. The van der Waals surface area contributed by atoms with Gasteiger partial charge in [0.15, 0.2) is 0 Å². The number of amides is 1. The first-order chi connectivity index (χ1) is 12.1. The summed E-state index contributed by atoms with van der Waals surface area (Å²) in [5.41, 5.74) is 6.51. The lowest BCUT2D eigenvalue weighted by Crippen LogP contribution is -2.37. The van der Waals surface area contributed by atoms with Crippen LogP contribution in [-0.2, 0) is 9.53 Å². The molecule has 8 heteroatoms. The number of halogens is 1. The number of hydrogen-bond acceptors (Lipinski definition) is 6. The Morgan fingerprint density at radius 1 is 1.44 bits per heavy atom. The van der Waals surface area contributed by atoms with Crippen LogP contribution in [0.25, 0.3) is 0 Å². The predicted molar refractivity (Wildman–Crippen MR) is 98.1 cm³/mol. The fourth-order valence-corrected chi connectivity index (χ4v) is 2.61. The second-order valence-corrected chi connectivity index (χ2v) is 6.03. The topological polar surface area (TPSA) is 103 Å². The second-order valence-electron chi connectivity index (χ2n) is 5.62. The summed E-state index contributed by atoms with van der Waals surface area (Å²) in [4.78, 5) is 14.5. The Hall–Kier alpha value is -2.27. The summed E-state index contributed by atoms with van der Waals surface area (Å²) in [6.07, 6.45) is 2.35. The molecule has 0 radical (unpaired) electrons. The minimum atomic E-state index is -0.519. The molecule has 1 amide bonds. The van der Waals surface area contributed by atoms with E-state index in [1.807, 2.05) is 6.07 Å². The third-order valence-electron chi connectivity index (χ3n) is 3.75. The van der Waals surface area contributed by atoms with Crippen LogP contribution in [0.4, 0.5) is 11.4 Å². The minimum absolute atomic E-state index is 0.0146. The molecule has 0 saturated carbocycles. The monoisotopic (exact) mass is 363 g/mol. The van der Waals surface area contributed by atoms with Gasteiger partial charge in [-0.25, -0.2) is 0 Å². The highest BCUT2D eigenvalue weighted by Gasteiger charge is 2.12. The number of benzene rings is 1. The molecule has 1 aliphatic rings.